The largest absolute Gasteiger partial charge is 0.379 e. The highest BCUT2D eigenvalue weighted by molar-refractivity contribution is 14.0. The lowest BCUT2D eigenvalue weighted by atomic mass is 10.1. The Morgan fingerprint density at radius 2 is 2.00 bits per heavy atom. The first-order valence-corrected chi connectivity index (χ1v) is 9.70. The molecule has 3 N–H and O–H groups in total. The van der Waals surface area contributed by atoms with Gasteiger partial charge in [-0.3, -0.25) is 14.7 Å². The Bertz CT molecular complexity index is 618. The molecular weight excluding hydrogens is 469 g/mol. The SMILES string of the molecule is CN=C(NCCN1CCOCC1)NCc1cccc(NC(=O)CC(C)C)c1.I. The van der Waals surface area contributed by atoms with Gasteiger partial charge in [0.25, 0.3) is 0 Å². The monoisotopic (exact) mass is 503 g/mol. The van der Waals surface area contributed by atoms with Gasteiger partial charge < -0.3 is 20.7 Å². The fraction of sp³-hybridized carbons (Fsp3) is 0.600. The van der Waals surface area contributed by atoms with Crippen molar-refractivity contribution in [2.45, 2.75) is 26.8 Å². The number of ether oxygens (including phenoxy) is 1. The summed E-state index contributed by atoms with van der Waals surface area (Å²) in [5.74, 6) is 1.18. The van der Waals surface area contributed by atoms with E-state index in [4.69, 9.17) is 4.74 Å². The van der Waals surface area contributed by atoms with Crippen LogP contribution in [0.5, 0.6) is 0 Å². The highest BCUT2D eigenvalue weighted by atomic mass is 127. The summed E-state index contributed by atoms with van der Waals surface area (Å²) < 4.78 is 5.36. The van der Waals surface area contributed by atoms with E-state index in [0.717, 1.165) is 56.6 Å². The molecule has 0 spiro atoms. The van der Waals surface area contributed by atoms with E-state index in [1.54, 1.807) is 7.05 Å². The van der Waals surface area contributed by atoms with Gasteiger partial charge in [0.1, 0.15) is 0 Å². The molecule has 0 saturated carbocycles. The van der Waals surface area contributed by atoms with Gasteiger partial charge in [-0.25, -0.2) is 0 Å². The van der Waals surface area contributed by atoms with Gasteiger partial charge in [-0.15, -0.1) is 24.0 Å². The van der Waals surface area contributed by atoms with E-state index in [2.05, 4.69) is 25.8 Å². The Kier molecular flexibility index (Phi) is 12.1. The Morgan fingerprint density at radius 1 is 1.25 bits per heavy atom. The number of hydrogen-bond donors (Lipinski definition) is 3. The van der Waals surface area contributed by atoms with E-state index in [-0.39, 0.29) is 29.9 Å². The van der Waals surface area contributed by atoms with Crippen molar-refractivity contribution in [3.05, 3.63) is 29.8 Å². The van der Waals surface area contributed by atoms with E-state index in [1.807, 2.05) is 38.1 Å². The molecule has 0 bridgehead atoms. The number of nitrogens with one attached hydrogen (secondary N) is 3. The third-order valence-electron chi connectivity index (χ3n) is 4.31. The number of nitrogens with zero attached hydrogens (tertiary/aromatic N) is 2. The van der Waals surface area contributed by atoms with Crippen LogP contribution in [0.4, 0.5) is 5.69 Å². The fourth-order valence-electron chi connectivity index (χ4n) is 2.91. The first-order valence-electron chi connectivity index (χ1n) is 9.70. The van der Waals surface area contributed by atoms with E-state index >= 15 is 0 Å². The number of hydrogen-bond acceptors (Lipinski definition) is 4. The number of carbonyl (C=O) groups excluding carboxylic acids is 1. The molecule has 0 radical (unpaired) electrons. The molecule has 1 aromatic carbocycles. The maximum Gasteiger partial charge on any atom is 0.224 e. The number of guanidine groups is 1. The number of benzene rings is 1. The van der Waals surface area contributed by atoms with Gasteiger partial charge >= 0.3 is 0 Å². The van der Waals surface area contributed by atoms with Crippen LogP contribution < -0.4 is 16.0 Å². The second kappa shape index (κ2) is 13.7. The average Bonchev–Trinajstić information content (AvgIpc) is 2.65. The summed E-state index contributed by atoms with van der Waals surface area (Å²) in [5.41, 5.74) is 1.92. The lowest BCUT2D eigenvalue weighted by molar-refractivity contribution is -0.116. The molecule has 0 unspecified atom stereocenters. The summed E-state index contributed by atoms with van der Waals surface area (Å²) in [5, 5.41) is 9.62. The summed E-state index contributed by atoms with van der Waals surface area (Å²) in [7, 11) is 1.77. The van der Waals surface area contributed by atoms with Crippen molar-refractivity contribution in [3.63, 3.8) is 0 Å². The van der Waals surface area contributed by atoms with Crippen molar-refractivity contribution >= 4 is 41.5 Å². The summed E-state index contributed by atoms with van der Waals surface area (Å²) in [6, 6.07) is 7.89. The number of morpholine rings is 1. The number of anilines is 1. The lowest BCUT2D eigenvalue weighted by Gasteiger charge is -2.26. The Morgan fingerprint density at radius 3 is 2.68 bits per heavy atom. The molecule has 1 aliphatic heterocycles. The van der Waals surface area contributed by atoms with E-state index in [1.165, 1.54) is 0 Å². The predicted octanol–water partition coefficient (Wildman–Crippen LogP) is 2.29. The zero-order chi connectivity index (χ0) is 19.5. The van der Waals surface area contributed by atoms with E-state index in [0.29, 0.717) is 18.9 Å². The van der Waals surface area contributed by atoms with Crippen molar-refractivity contribution in [2.75, 3.05) is 51.8 Å². The topological polar surface area (TPSA) is 78.0 Å². The third kappa shape index (κ3) is 9.70. The number of amides is 1. The van der Waals surface area contributed by atoms with Gasteiger partial charge in [0.2, 0.25) is 5.91 Å². The molecule has 1 aromatic rings. The smallest absolute Gasteiger partial charge is 0.224 e. The predicted molar refractivity (Wildman–Crippen MR) is 125 cm³/mol. The molecule has 28 heavy (non-hydrogen) atoms. The molecule has 1 heterocycles. The second-order valence-electron chi connectivity index (χ2n) is 7.15. The maximum absolute atomic E-state index is 11.9. The third-order valence-corrected chi connectivity index (χ3v) is 4.31. The van der Waals surface area contributed by atoms with Crippen LogP contribution in [0.1, 0.15) is 25.8 Å². The van der Waals surface area contributed by atoms with E-state index in [9.17, 15) is 4.79 Å². The van der Waals surface area contributed by atoms with Crippen molar-refractivity contribution in [2.24, 2.45) is 10.9 Å². The Hall–Kier alpha value is -1.39. The summed E-state index contributed by atoms with van der Waals surface area (Å²) >= 11 is 0. The molecular formula is C20H34IN5O2. The molecule has 7 nitrogen and oxygen atoms in total. The summed E-state index contributed by atoms with van der Waals surface area (Å²) in [6.45, 7) is 10.1. The van der Waals surface area contributed by atoms with E-state index < -0.39 is 0 Å². The van der Waals surface area contributed by atoms with Gasteiger partial charge in [0.05, 0.1) is 13.2 Å². The average molecular weight is 503 g/mol. The minimum absolute atomic E-state index is 0. The zero-order valence-electron chi connectivity index (χ0n) is 17.2. The number of carbonyl (C=O) groups is 1. The van der Waals surface area contributed by atoms with Gasteiger partial charge in [-0.1, -0.05) is 26.0 Å². The van der Waals surface area contributed by atoms with Gasteiger partial charge in [-0.05, 0) is 23.6 Å². The zero-order valence-corrected chi connectivity index (χ0v) is 19.5. The first kappa shape index (κ1) is 24.6. The molecule has 158 valence electrons. The second-order valence-corrected chi connectivity index (χ2v) is 7.15. The van der Waals surface area contributed by atoms with Crippen LogP contribution in [-0.4, -0.2) is 63.2 Å². The molecule has 1 amide bonds. The Balaban J connectivity index is 0.00000392. The van der Waals surface area contributed by atoms with Crippen LogP contribution in [0.2, 0.25) is 0 Å². The number of aliphatic imine (C=N–C) groups is 1. The molecule has 1 fully saturated rings. The van der Waals surface area contributed by atoms with Crippen LogP contribution in [-0.2, 0) is 16.1 Å². The van der Waals surface area contributed by atoms with Crippen LogP contribution >= 0.6 is 24.0 Å². The molecule has 8 heteroatoms. The molecule has 0 atom stereocenters. The molecule has 2 rings (SSSR count). The standard InChI is InChI=1S/C20H33N5O2.HI/c1-16(2)13-19(26)24-18-6-4-5-17(14-18)15-23-20(21-3)22-7-8-25-9-11-27-12-10-25;/h4-6,14,16H,7-13,15H2,1-3H3,(H,24,26)(H2,21,22,23);1H. The molecule has 0 aliphatic carbocycles. The van der Waals surface area contributed by atoms with Gasteiger partial charge in [0.15, 0.2) is 5.96 Å². The van der Waals surface area contributed by atoms with Gasteiger partial charge in [-0.2, -0.15) is 0 Å². The Labute approximate surface area is 185 Å². The summed E-state index contributed by atoms with van der Waals surface area (Å²) in [6.07, 6.45) is 0.530. The highest BCUT2D eigenvalue weighted by Gasteiger charge is 2.10. The molecule has 1 saturated heterocycles. The van der Waals surface area contributed by atoms with Crippen LogP contribution in [0, 0.1) is 5.92 Å². The van der Waals surface area contributed by atoms with Crippen molar-refractivity contribution in [1.82, 2.24) is 15.5 Å². The lowest BCUT2D eigenvalue weighted by Crippen LogP contribution is -2.44. The number of halogens is 1. The van der Waals surface area contributed by atoms with Crippen LogP contribution in [0.3, 0.4) is 0 Å². The normalized spacial score (nSPS) is 15.1. The minimum Gasteiger partial charge on any atom is -0.379 e. The van der Waals surface area contributed by atoms with Crippen molar-refractivity contribution in [3.8, 4) is 0 Å². The fourth-order valence-corrected chi connectivity index (χ4v) is 2.91. The molecule has 1 aliphatic rings. The van der Waals surface area contributed by atoms with Crippen molar-refractivity contribution < 1.29 is 9.53 Å². The van der Waals surface area contributed by atoms with Crippen LogP contribution in [0.15, 0.2) is 29.3 Å². The molecule has 0 aromatic heterocycles. The summed E-state index contributed by atoms with van der Waals surface area (Å²) in [4.78, 5) is 18.6. The van der Waals surface area contributed by atoms with Crippen LogP contribution in [0.25, 0.3) is 0 Å². The highest BCUT2D eigenvalue weighted by Crippen LogP contribution is 2.12. The number of rotatable bonds is 8. The first-order chi connectivity index (χ1) is 13.1. The van der Waals surface area contributed by atoms with Crippen molar-refractivity contribution in [1.29, 1.82) is 0 Å². The van der Waals surface area contributed by atoms with Gasteiger partial charge in [0, 0.05) is 51.9 Å². The maximum atomic E-state index is 11.9. The quantitative estimate of drug-likeness (QED) is 0.288. The minimum atomic E-state index is 0.